The molecule has 1 rings (SSSR count). The third kappa shape index (κ3) is 3.77. The van der Waals surface area contributed by atoms with E-state index in [4.69, 9.17) is 11.6 Å². The predicted octanol–water partition coefficient (Wildman–Crippen LogP) is 2.75. The highest BCUT2D eigenvalue weighted by molar-refractivity contribution is 9.10. The molecule has 0 saturated heterocycles. The van der Waals surface area contributed by atoms with E-state index in [-0.39, 0.29) is 12.0 Å². The second-order valence-electron chi connectivity index (χ2n) is 3.37. The number of hydrogen-bond donors (Lipinski definition) is 1. The van der Waals surface area contributed by atoms with E-state index >= 15 is 0 Å². The minimum atomic E-state index is -0.320. The zero-order chi connectivity index (χ0) is 12.1. The first kappa shape index (κ1) is 13.5. The predicted molar refractivity (Wildman–Crippen MR) is 67.5 cm³/mol. The second-order valence-corrected chi connectivity index (χ2v) is 4.64. The number of carbonyl (C=O) groups excluding carboxylic acids is 1. The van der Waals surface area contributed by atoms with E-state index in [0.29, 0.717) is 11.6 Å². The van der Waals surface area contributed by atoms with Gasteiger partial charge >= 0.3 is 5.97 Å². The van der Waals surface area contributed by atoms with Gasteiger partial charge in [0.05, 0.1) is 12.1 Å². The van der Waals surface area contributed by atoms with Crippen molar-refractivity contribution >= 4 is 33.5 Å². The second kappa shape index (κ2) is 6.23. The van der Waals surface area contributed by atoms with E-state index in [2.05, 4.69) is 26.0 Å². The summed E-state index contributed by atoms with van der Waals surface area (Å²) in [6, 6.07) is 5.31. The van der Waals surface area contributed by atoms with E-state index in [1.807, 2.05) is 18.2 Å². The van der Waals surface area contributed by atoms with Crippen LogP contribution in [0.4, 0.5) is 0 Å². The molecule has 0 fully saturated rings. The van der Waals surface area contributed by atoms with E-state index < -0.39 is 0 Å². The zero-order valence-corrected chi connectivity index (χ0v) is 11.4. The molecule has 0 amide bonds. The first-order valence-electron chi connectivity index (χ1n) is 4.79. The minimum absolute atomic E-state index is 0.270. The van der Waals surface area contributed by atoms with E-state index in [1.54, 1.807) is 6.92 Å². The van der Waals surface area contributed by atoms with Gasteiger partial charge in [0, 0.05) is 11.0 Å². The SMILES string of the molecule is COC(=O)[C@H](C)NCc1ccc(Cl)c(Br)c1. The smallest absolute Gasteiger partial charge is 0.322 e. The minimum Gasteiger partial charge on any atom is -0.468 e. The number of halogens is 2. The average Bonchev–Trinajstić information content (AvgIpc) is 2.29. The summed E-state index contributed by atoms with van der Waals surface area (Å²) in [5.74, 6) is -0.270. The Morgan fingerprint density at radius 1 is 1.62 bits per heavy atom. The molecule has 1 aromatic carbocycles. The fourth-order valence-corrected chi connectivity index (χ4v) is 1.72. The van der Waals surface area contributed by atoms with Crippen molar-refractivity contribution in [3.8, 4) is 0 Å². The molecule has 5 heteroatoms. The van der Waals surface area contributed by atoms with Crippen LogP contribution in [0.25, 0.3) is 0 Å². The Morgan fingerprint density at radius 3 is 2.88 bits per heavy atom. The molecule has 0 heterocycles. The van der Waals surface area contributed by atoms with Gasteiger partial charge in [0.1, 0.15) is 6.04 Å². The molecule has 88 valence electrons. The number of benzene rings is 1. The lowest BCUT2D eigenvalue weighted by atomic mass is 10.2. The lowest BCUT2D eigenvalue weighted by Gasteiger charge is -2.11. The van der Waals surface area contributed by atoms with Crippen LogP contribution in [0.15, 0.2) is 22.7 Å². The van der Waals surface area contributed by atoms with E-state index in [9.17, 15) is 4.79 Å². The van der Waals surface area contributed by atoms with Crippen LogP contribution in [-0.2, 0) is 16.1 Å². The third-order valence-electron chi connectivity index (χ3n) is 2.15. The molecule has 0 radical (unpaired) electrons. The van der Waals surface area contributed by atoms with Crippen molar-refractivity contribution in [1.29, 1.82) is 0 Å². The number of esters is 1. The van der Waals surface area contributed by atoms with Crippen LogP contribution in [-0.4, -0.2) is 19.1 Å². The van der Waals surface area contributed by atoms with Gasteiger partial charge in [0.2, 0.25) is 0 Å². The summed E-state index contributed by atoms with van der Waals surface area (Å²) >= 11 is 9.22. The summed E-state index contributed by atoms with van der Waals surface area (Å²) in [7, 11) is 1.37. The van der Waals surface area contributed by atoms with Gasteiger partial charge in [-0.25, -0.2) is 0 Å². The highest BCUT2D eigenvalue weighted by Crippen LogP contribution is 2.23. The van der Waals surface area contributed by atoms with Gasteiger partial charge in [0.25, 0.3) is 0 Å². The lowest BCUT2D eigenvalue weighted by molar-refractivity contribution is -0.142. The van der Waals surface area contributed by atoms with Gasteiger partial charge in [-0.3, -0.25) is 4.79 Å². The molecule has 0 saturated carbocycles. The molecule has 0 spiro atoms. The number of rotatable bonds is 4. The fraction of sp³-hybridized carbons (Fsp3) is 0.364. The molecule has 3 nitrogen and oxygen atoms in total. The van der Waals surface area contributed by atoms with Crippen LogP contribution < -0.4 is 5.32 Å². The Labute approximate surface area is 108 Å². The number of nitrogens with one attached hydrogen (secondary N) is 1. The van der Waals surface area contributed by atoms with Crippen molar-refractivity contribution in [2.24, 2.45) is 0 Å². The Kier molecular flexibility index (Phi) is 5.25. The highest BCUT2D eigenvalue weighted by Gasteiger charge is 2.11. The molecule has 1 atom stereocenters. The summed E-state index contributed by atoms with van der Waals surface area (Å²) in [6.45, 7) is 2.35. The van der Waals surface area contributed by atoms with Crippen molar-refractivity contribution in [2.75, 3.05) is 7.11 Å². The molecule has 0 aliphatic carbocycles. The summed E-state index contributed by atoms with van der Waals surface area (Å²) < 4.78 is 5.46. The number of methoxy groups -OCH3 is 1. The van der Waals surface area contributed by atoms with Crippen LogP contribution in [0.2, 0.25) is 5.02 Å². The highest BCUT2D eigenvalue weighted by atomic mass is 79.9. The maximum Gasteiger partial charge on any atom is 0.322 e. The lowest BCUT2D eigenvalue weighted by Crippen LogP contribution is -2.34. The van der Waals surface area contributed by atoms with Gasteiger partial charge in [-0.05, 0) is 40.5 Å². The van der Waals surface area contributed by atoms with Crippen LogP contribution >= 0.6 is 27.5 Å². The number of carbonyl (C=O) groups is 1. The summed E-state index contributed by atoms with van der Waals surface area (Å²) in [5, 5.41) is 3.73. The van der Waals surface area contributed by atoms with Gasteiger partial charge in [0.15, 0.2) is 0 Å². The monoisotopic (exact) mass is 305 g/mol. The van der Waals surface area contributed by atoms with Crippen molar-refractivity contribution in [3.05, 3.63) is 33.3 Å². The largest absolute Gasteiger partial charge is 0.468 e. The fourth-order valence-electron chi connectivity index (χ4n) is 1.18. The zero-order valence-electron chi connectivity index (χ0n) is 9.09. The molecule has 1 aromatic rings. The Hall–Kier alpha value is -0.580. The van der Waals surface area contributed by atoms with E-state index in [1.165, 1.54) is 7.11 Å². The van der Waals surface area contributed by atoms with Crippen molar-refractivity contribution in [1.82, 2.24) is 5.32 Å². The van der Waals surface area contributed by atoms with Gasteiger partial charge < -0.3 is 10.1 Å². The van der Waals surface area contributed by atoms with Crippen LogP contribution in [0.3, 0.4) is 0 Å². The standard InChI is InChI=1S/C11H13BrClNO2/c1-7(11(15)16-2)14-6-8-3-4-10(13)9(12)5-8/h3-5,7,14H,6H2,1-2H3/t7-/m0/s1. The Morgan fingerprint density at radius 2 is 2.31 bits per heavy atom. The topological polar surface area (TPSA) is 38.3 Å². The third-order valence-corrected chi connectivity index (χ3v) is 3.37. The van der Waals surface area contributed by atoms with Crippen molar-refractivity contribution in [2.45, 2.75) is 19.5 Å². The molecule has 0 bridgehead atoms. The van der Waals surface area contributed by atoms with E-state index in [0.717, 1.165) is 10.0 Å². The maximum absolute atomic E-state index is 11.1. The molecule has 0 aliphatic rings. The molecular weight excluding hydrogens is 293 g/mol. The maximum atomic E-state index is 11.1. The first-order chi connectivity index (χ1) is 7.54. The number of hydrogen-bond acceptors (Lipinski definition) is 3. The molecule has 0 aliphatic heterocycles. The quantitative estimate of drug-likeness (QED) is 0.869. The molecular formula is C11H13BrClNO2. The summed E-state index contributed by atoms with van der Waals surface area (Å²) in [5.41, 5.74) is 1.05. The normalized spacial score (nSPS) is 12.2. The summed E-state index contributed by atoms with van der Waals surface area (Å²) in [4.78, 5) is 11.1. The Balaban J connectivity index is 2.55. The first-order valence-corrected chi connectivity index (χ1v) is 5.97. The van der Waals surface area contributed by atoms with Crippen LogP contribution in [0.5, 0.6) is 0 Å². The van der Waals surface area contributed by atoms with Gasteiger partial charge in [-0.1, -0.05) is 17.7 Å². The molecule has 0 aromatic heterocycles. The van der Waals surface area contributed by atoms with Crippen molar-refractivity contribution in [3.63, 3.8) is 0 Å². The van der Waals surface area contributed by atoms with Crippen LogP contribution in [0.1, 0.15) is 12.5 Å². The van der Waals surface area contributed by atoms with Gasteiger partial charge in [-0.15, -0.1) is 0 Å². The van der Waals surface area contributed by atoms with Gasteiger partial charge in [-0.2, -0.15) is 0 Å². The van der Waals surface area contributed by atoms with Crippen LogP contribution in [0, 0.1) is 0 Å². The molecule has 16 heavy (non-hydrogen) atoms. The molecule has 0 unspecified atom stereocenters. The number of ether oxygens (including phenoxy) is 1. The Bertz CT molecular complexity index is 384. The average molecular weight is 307 g/mol. The van der Waals surface area contributed by atoms with Crippen molar-refractivity contribution < 1.29 is 9.53 Å². The molecule has 1 N–H and O–H groups in total. The summed E-state index contributed by atoms with van der Waals surface area (Å²) in [6.07, 6.45) is 0.